The first-order valence-electron chi connectivity index (χ1n) is 10.8. The Kier molecular flexibility index (Phi) is 4.93. The fourth-order valence-electron chi connectivity index (χ4n) is 5.27. The fraction of sp³-hybridized carbons (Fsp3) is 0.522. The van der Waals surface area contributed by atoms with E-state index < -0.39 is 6.17 Å². The van der Waals surface area contributed by atoms with Crippen molar-refractivity contribution in [3.8, 4) is 0 Å². The number of pyridine rings is 2. The minimum Gasteiger partial charge on any atom is -0.336 e. The van der Waals surface area contributed by atoms with E-state index in [-0.39, 0.29) is 23.3 Å². The molecule has 5 rings (SSSR count). The van der Waals surface area contributed by atoms with Crippen LogP contribution in [0.4, 0.5) is 4.39 Å². The number of aryl methyl sites for hydroxylation is 1. The van der Waals surface area contributed by atoms with Gasteiger partial charge in [0.25, 0.3) is 11.5 Å². The van der Waals surface area contributed by atoms with E-state index in [4.69, 9.17) is 0 Å². The second-order valence-electron chi connectivity index (χ2n) is 8.99. The molecule has 2 aromatic rings. The van der Waals surface area contributed by atoms with Crippen molar-refractivity contribution in [1.82, 2.24) is 19.4 Å². The average molecular weight is 410 g/mol. The van der Waals surface area contributed by atoms with Gasteiger partial charge in [0.15, 0.2) is 0 Å². The molecule has 0 saturated carbocycles. The maximum Gasteiger partial charge on any atom is 0.272 e. The molecule has 30 heavy (non-hydrogen) atoms. The summed E-state index contributed by atoms with van der Waals surface area (Å²) < 4.78 is 15.4. The van der Waals surface area contributed by atoms with Gasteiger partial charge >= 0.3 is 0 Å². The molecule has 6 nitrogen and oxygen atoms in total. The third-order valence-corrected chi connectivity index (χ3v) is 6.69. The SMILES string of the molecule is Cc1cccc(C(=O)N2C[C@@H]3C[C@H](C2)c2ccc(CN4CC[C@@H](F)C4)c(=O)n2C3)n1. The van der Waals surface area contributed by atoms with E-state index in [9.17, 15) is 14.0 Å². The summed E-state index contributed by atoms with van der Waals surface area (Å²) in [6, 6.07) is 9.47. The lowest BCUT2D eigenvalue weighted by molar-refractivity contribution is 0.0588. The summed E-state index contributed by atoms with van der Waals surface area (Å²) in [4.78, 5) is 34.4. The Balaban J connectivity index is 1.37. The normalized spacial score (nSPS) is 25.9. The van der Waals surface area contributed by atoms with Crippen LogP contribution < -0.4 is 5.56 Å². The lowest BCUT2D eigenvalue weighted by Gasteiger charge is -2.42. The molecule has 0 aromatic carbocycles. The summed E-state index contributed by atoms with van der Waals surface area (Å²) >= 11 is 0. The molecule has 2 bridgehead atoms. The van der Waals surface area contributed by atoms with Crippen LogP contribution in [0.25, 0.3) is 0 Å². The number of amides is 1. The number of hydrogen-bond acceptors (Lipinski definition) is 4. The van der Waals surface area contributed by atoms with Crippen molar-refractivity contribution in [3.05, 3.63) is 63.3 Å². The van der Waals surface area contributed by atoms with Crippen molar-refractivity contribution in [3.63, 3.8) is 0 Å². The molecule has 1 amide bonds. The summed E-state index contributed by atoms with van der Waals surface area (Å²) in [5, 5.41) is 0. The molecule has 3 aliphatic rings. The molecule has 3 atom stereocenters. The highest BCUT2D eigenvalue weighted by atomic mass is 19.1. The third kappa shape index (κ3) is 3.55. The molecule has 0 spiro atoms. The van der Waals surface area contributed by atoms with Crippen LogP contribution in [0, 0.1) is 12.8 Å². The zero-order chi connectivity index (χ0) is 20.8. The zero-order valence-corrected chi connectivity index (χ0v) is 17.3. The average Bonchev–Trinajstić information content (AvgIpc) is 3.14. The van der Waals surface area contributed by atoms with Gasteiger partial charge in [-0.05, 0) is 43.9 Å². The van der Waals surface area contributed by atoms with Crippen molar-refractivity contribution in [1.29, 1.82) is 0 Å². The summed E-state index contributed by atoms with van der Waals surface area (Å²) in [7, 11) is 0. The molecule has 0 aliphatic carbocycles. The molecule has 158 valence electrons. The molecule has 3 aliphatic heterocycles. The number of halogens is 1. The van der Waals surface area contributed by atoms with Gasteiger partial charge in [-0.15, -0.1) is 0 Å². The van der Waals surface area contributed by atoms with E-state index in [0.717, 1.165) is 23.4 Å². The Bertz CT molecular complexity index is 1040. The van der Waals surface area contributed by atoms with Crippen molar-refractivity contribution >= 4 is 5.91 Å². The largest absolute Gasteiger partial charge is 0.336 e. The monoisotopic (exact) mass is 410 g/mol. The van der Waals surface area contributed by atoms with Gasteiger partial charge in [0.1, 0.15) is 11.9 Å². The van der Waals surface area contributed by atoms with E-state index in [1.54, 1.807) is 6.07 Å². The topological polar surface area (TPSA) is 58.4 Å². The second-order valence-corrected chi connectivity index (χ2v) is 8.99. The van der Waals surface area contributed by atoms with Crippen LogP contribution in [0.5, 0.6) is 0 Å². The van der Waals surface area contributed by atoms with Crippen LogP contribution in [0.3, 0.4) is 0 Å². The molecule has 2 aromatic heterocycles. The number of carbonyl (C=O) groups is 1. The number of alkyl halides is 1. The van der Waals surface area contributed by atoms with Gasteiger partial charge < -0.3 is 9.47 Å². The lowest BCUT2D eigenvalue weighted by atomic mass is 9.83. The number of likely N-dealkylation sites (tertiary alicyclic amines) is 2. The van der Waals surface area contributed by atoms with Gasteiger partial charge in [-0.1, -0.05) is 12.1 Å². The highest BCUT2D eigenvalue weighted by molar-refractivity contribution is 5.92. The number of piperidine rings is 1. The van der Waals surface area contributed by atoms with Crippen molar-refractivity contribution in [2.45, 2.75) is 44.9 Å². The number of hydrogen-bond donors (Lipinski definition) is 0. The highest BCUT2D eigenvalue weighted by Crippen LogP contribution is 2.35. The predicted octanol–water partition coefficient (Wildman–Crippen LogP) is 2.36. The Hall–Kier alpha value is -2.54. The van der Waals surface area contributed by atoms with Crippen LogP contribution in [0.15, 0.2) is 35.1 Å². The quantitative estimate of drug-likeness (QED) is 0.780. The fourth-order valence-corrected chi connectivity index (χ4v) is 5.27. The molecule has 7 heteroatoms. The first-order valence-corrected chi connectivity index (χ1v) is 10.8. The maximum absolute atomic E-state index is 13.5. The van der Waals surface area contributed by atoms with Crippen LogP contribution >= 0.6 is 0 Å². The van der Waals surface area contributed by atoms with Gasteiger partial charge in [0.05, 0.1) is 0 Å². The second kappa shape index (κ2) is 7.61. The molecule has 2 fully saturated rings. The summed E-state index contributed by atoms with van der Waals surface area (Å²) in [6.07, 6.45) is 0.770. The smallest absolute Gasteiger partial charge is 0.272 e. The minimum absolute atomic E-state index is 0.0318. The molecule has 5 heterocycles. The summed E-state index contributed by atoms with van der Waals surface area (Å²) in [5.41, 5.74) is 3.12. The van der Waals surface area contributed by atoms with Crippen LogP contribution in [-0.2, 0) is 13.1 Å². The maximum atomic E-state index is 13.5. The molecule has 0 N–H and O–H groups in total. The van der Waals surface area contributed by atoms with Crippen LogP contribution in [-0.4, -0.2) is 57.6 Å². The highest BCUT2D eigenvalue weighted by Gasteiger charge is 2.37. The molecular weight excluding hydrogens is 383 g/mol. The first-order chi connectivity index (χ1) is 14.5. The Morgan fingerprint density at radius 1 is 1.17 bits per heavy atom. The van der Waals surface area contributed by atoms with E-state index in [2.05, 4.69) is 4.98 Å². The number of fused-ring (bicyclic) bond motifs is 4. The Morgan fingerprint density at radius 3 is 2.80 bits per heavy atom. The van der Waals surface area contributed by atoms with E-state index in [0.29, 0.717) is 51.4 Å². The molecule has 2 saturated heterocycles. The predicted molar refractivity (Wildman–Crippen MR) is 111 cm³/mol. The molecule has 0 unspecified atom stereocenters. The Morgan fingerprint density at radius 2 is 2.03 bits per heavy atom. The number of nitrogens with zero attached hydrogens (tertiary/aromatic N) is 4. The summed E-state index contributed by atoms with van der Waals surface area (Å²) in [5.74, 6) is 0.394. The van der Waals surface area contributed by atoms with Gasteiger partial charge in [0.2, 0.25) is 0 Å². The molecule has 0 radical (unpaired) electrons. The number of carbonyl (C=O) groups excluding carboxylic acids is 1. The lowest BCUT2D eigenvalue weighted by Crippen LogP contribution is -2.49. The van der Waals surface area contributed by atoms with Gasteiger partial charge in [-0.25, -0.2) is 9.37 Å². The number of rotatable bonds is 3. The Labute approximate surface area is 175 Å². The zero-order valence-electron chi connectivity index (χ0n) is 17.3. The summed E-state index contributed by atoms with van der Waals surface area (Å²) in [6.45, 7) is 5.41. The van der Waals surface area contributed by atoms with E-state index >= 15 is 0 Å². The van der Waals surface area contributed by atoms with Crippen LogP contribution in [0.2, 0.25) is 0 Å². The van der Waals surface area contributed by atoms with Crippen molar-refractivity contribution in [2.75, 3.05) is 26.2 Å². The third-order valence-electron chi connectivity index (χ3n) is 6.69. The van der Waals surface area contributed by atoms with Crippen molar-refractivity contribution < 1.29 is 9.18 Å². The minimum atomic E-state index is -0.781. The van der Waals surface area contributed by atoms with E-state index in [1.165, 1.54) is 0 Å². The first kappa shape index (κ1) is 19.4. The van der Waals surface area contributed by atoms with Gasteiger partial charge in [-0.2, -0.15) is 0 Å². The standard InChI is InChI=1S/C23H27FN4O2/c1-15-3-2-4-20(25-15)23(30)27-10-16-9-18(13-27)21-6-5-17(22(29)28(21)11-16)12-26-8-7-19(24)14-26/h2-6,16,18-19H,7-14H2,1H3/t16-,18+,19+/m0/s1. The molecular formula is C23H27FN4O2. The van der Waals surface area contributed by atoms with Gasteiger partial charge in [-0.3, -0.25) is 14.5 Å². The van der Waals surface area contributed by atoms with Gasteiger partial charge in [0, 0.05) is 62.1 Å². The van der Waals surface area contributed by atoms with E-state index in [1.807, 2.05) is 45.6 Å². The van der Waals surface area contributed by atoms with Crippen molar-refractivity contribution in [2.24, 2.45) is 5.92 Å². The number of aromatic nitrogens is 2. The van der Waals surface area contributed by atoms with Crippen LogP contribution in [0.1, 0.15) is 46.2 Å².